The zero-order valence-corrected chi connectivity index (χ0v) is 21.6. The van der Waals surface area contributed by atoms with E-state index in [1.807, 2.05) is 19.1 Å². The number of nitrogens with one attached hydrogen (secondary N) is 1. The lowest BCUT2D eigenvalue weighted by Gasteiger charge is -2.13. The van der Waals surface area contributed by atoms with Gasteiger partial charge in [0.1, 0.15) is 18.9 Å². The molecule has 10 nitrogen and oxygen atoms in total. The number of esters is 1. The topological polar surface area (TPSA) is 124 Å². The fourth-order valence-electron chi connectivity index (χ4n) is 3.54. The van der Waals surface area contributed by atoms with Gasteiger partial charge in [0.15, 0.2) is 11.5 Å². The molecule has 196 valence electrons. The predicted molar refractivity (Wildman–Crippen MR) is 140 cm³/mol. The van der Waals surface area contributed by atoms with E-state index in [9.17, 15) is 19.2 Å². The Balaban J connectivity index is 1.41. The van der Waals surface area contributed by atoms with E-state index < -0.39 is 29.6 Å². The average molecular weight is 537 g/mol. The number of carbonyl (C=O) groups is 4. The standard InChI is InChI=1S/C27H24N2O8S/c1-16-6-4-5-7-19(16)28-24(30)14-29-25(31)23(38-27(29)33)13-17-8-10-20(22(12-17)34-2)36-15-18-9-11-21(37-18)26(32)35-3/h4-13H,14-15H2,1-3H3,(H,28,30). The molecule has 1 fully saturated rings. The van der Waals surface area contributed by atoms with E-state index in [-0.39, 0.29) is 17.3 Å². The molecule has 0 spiro atoms. The summed E-state index contributed by atoms with van der Waals surface area (Å²) in [7, 11) is 2.73. The van der Waals surface area contributed by atoms with Crippen LogP contribution in [-0.4, -0.2) is 48.7 Å². The largest absolute Gasteiger partial charge is 0.493 e. The Bertz CT molecular complexity index is 1430. The molecule has 1 aromatic heterocycles. The third kappa shape index (κ3) is 6.06. The predicted octanol–water partition coefficient (Wildman–Crippen LogP) is 4.64. The molecule has 4 rings (SSSR count). The van der Waals surface area contributed by atoms with Crippen LogP contribution in [0.4, 0.5) is 10.5 Å². The van der Waals surface area contributed by atoms with Crippen LogP contribution in [0.25, 0.3) is 6.08 Å². The van der Waals surface area contributed by atoms with Crippen LogP contribution in [-0.2, 0) is 20.9 Å². The summed E-state index contributed by atoms with van der Waals surface area (Å²) in [4.78, 5) is 50.4. The van der Waals surface area contributed by atoms with E-state index in [4.69, 9.17) is 13.9 Å². The molecule has 1 N–H and O–H groups in total. The van der Waals surface area contributed by atoms with Crippen molar-refractivity contribution in [3.8, 4) is 11.5 Å². The highest BCUT2D eigenvalue weighted by molar-refractivity contribution is 8.18. The quantitative estimate of drug-likeness (QED) is 0.308. The molecule has 0 atom stereocenters. The highest BCUT2D eigenvalue weighted by Gasteiger charge is 2.36. The number of carbonyl (C=O) groups excluding carboxylic acids is 4. The molecule has 3 aromatic rings. The summed E-state index contributed by atoms with van der Waals surface area (Å²) in [6, 6.07) is 15.3. The Hall–Kier alpha value is -4.51. The number of methoxy groups -OCH3 is 2. The maximum Gasteiger partial charge on any atom is 0.373 e. The Morgan fingerprint density at radius 1 is 1.05 bits per heavy atom. The SMILES string of the molecule is COC(=O)c1ccc(COc2ccc(C=C3SC(=O)N(CC(=O)Nc4ccccc4C)C3=O)cc2OC)o1. The van der Waals surface area contributed by atoms with Gasteiger partial charge in [-0.25, -0.2) is 4.79 Å². The van der Waals surface area contributed by atoms with Crippen LogP contribution in [0.5, 0.6) is 11.5 Å². The Kier molecular flexibility index (Phi) is 8.17. The van der Waals surface area contributed by atoms with Crippen LogP contribution >= 0.6 is 11.8 Å². The number of aryl methyl sites for hydroxylation is 1. The number of amides is 3. The van der Waals surface area contributed by atoms with Crippen molar-refractivity contribution in [1.29, 1.82) is 0 Å². The average Bonchev–Trinajstić information content (AvgIpc) is 3.49. The molecule has 2 heterocycles. The molecular formula is C27H24N2O8S. The van der Waals surface area contributed by atoms with Gasteiger partial charge in [-0.3, -0.25) is 19.3 Å². The van der Waals surface area contributed by atoms with Crippen molar-refractivity contribution < 1.29 is 37.8 Å². The van der Waals surface area contributed by atoms with Crippen molar-refractivity contribution in [2.75, 3.05) is 26.1 Å². The highest BCUT2D eigenvalue weighted by Crippen LogP contribution is 2.35. The molecule has 3 amide bonds. The van der Waals surface area contributed by atoms with Gasteiger partial charge in [0.05, 0.1) is 19.1 Å². The van der Waals surface area contributed by atoms with E-state index in [1.165, 1.54) is 20.3 Å². The summed E-state index contributed by atoms with van der Waals surface area (Å²) in [5, 5.41) is 2.19. The van der Waals surface area contributed by atoms with Crippen LogP contribution in [0.3, 0.4) is 0 Å². The van der Waals surface area contributed by atoms with E-state index in [0.717, 1.165) is 22.2 Å². The van der Waals surface area contributed by atoms with Crippen molar-refractivity contribution >= 4 is 46.5 Å². The molecule has 0 unspecified atom stereocenters. The fourth-order valence-corrected chi connectivity index (χ4v) is 4.38. The summed E-state index contributed by atoms with van der Waals surface area (Å²) in [5.74, 6) is -0.349. The molecule has 0 bridgehead atoms. The van der Waals surface area contributed by atoms with Crippen molar-refractivity contribution in [3.63, 3.8) is 0 Å². The molecule has 1 saturated heterocycles. The normalized spacial score (nSPS) is 14.1. The number of thioether (sulfide) groups is 1. The smallest absolute Gasteiger partial charge is 0.373 e. The number of para-hydroxylation sites is 1. The monoisotopic (exact) mass is 536 g/mol. The Labute approximate surface area is 222 Å². The summed E-state index contributed by atoms with van der Waals surface area (Å²) >= 11 is 0.756. The van der Waals surface area contributed by atoms with Gasteiger partial charge in [0.25, 0.3) is 11.1 Å². The molecule has 1 aliphatic rings. The van der Waals surface area contributed by atoms with Crippen LogP contribution < -0.4 is 14.8 Å². The fraction of sp³-hybridized carbons (Fsp3) is 0.185. The zero-order valence-electron chi connectivity index (χ0n) is 20.8. The Morgan fingerprint density at radius 3 is 2.58 bits per heavy atom. The number of ether oxygens (including phenoxy) is 3. The second-order valence-corrected chi connectivity index (χ2v) is 9.08. The van der Waals surface area contributed by atoms with Gasteiger partial charge < -0.3 is 23.9 Å². The van der Waals surface area contributed by atoms with Crippen molar-refractivity contribution in [2.24, 2.45) is 0 Å². The van der Waals surface area contributed by atoms with Crippen molar-refractivity contribution in [3.05, 3.63) is 82.1 Å². The number of benzene rings is 2. The number of imide groups is 1. The molecule has 2 aromatic carbocycles. The highest BCUT2D eigenvalue weighted by atomic mass is 32.2. The summed E-state index contributed by atoms with van der Waals surface area (Å²) in [6.45, 7) is 1.49. The lowest BCUT2D eigenvalue weighted by atomic mass is 10.2. The minimum atomic E-state index is -0.588. The minimum absolute atomic E-state index is 0.0379. The van der Waals surface area contributed by atoms with Crippen LogP contribution in [0.2, 0.25) is 0 Å². The molecule has 11 heteroatoms. The third-order valence-corrected chi connectivity index (χ3v) is 6.41. The van der Waals surface area contributed by atoms with Crippen LogP contribution in [0.1, 0.15) is 27.4 Å². The van der Waals surface area contributed by atoms with Gasteiger partial charge in [0, 0.05) is 5.69 Å². The number of furan rings is 1. The lowest BCUT2D eigenvalue weighted by Crippen LogP contribution is -2.36. The summed E-state index contributed by atoms with van der Waals surface area (Å²) < 4.78 is 21.2. The number of nitrogens with zero attached hydrogens (tertiary/aromatic N) is 1. The second-order valence-electron chi connectivity index (χ2n) is 8.09. The first-order valence-electron chi connectivity index (χ1n) is 11.4. The maximum atomic E-state index is 12.9. The first-order chi connectivity index (χ1) is 18.3. The van der Waals surface area contributed by atoms with Gasteiger partial charge in [-0.2, -0.15) is 0 Å². The van der Waals surface area contributed by atoms with Gasteiger partial charge in [-0.05, 0) is 66.2 Å². The van der Waals surface area contributed by atoms with Gasteiger partial charge in [-0.15, -0.1) is 0 Å². The molecular weight excluding hydrogens is 512 g/mol. The Morgan fingerprint density at radius 2 is 1.84 bits per heavy atom. The summed E-state index contributed by atoms with van der Waals surface area (Å²) in [6.07, 6.45) is 1.55. The van der Waals surface area contributed by atoms with E-state index in [1.54, 1.807) is 42.5 Å². The van der Waals surface area contributed by atoms with E-state index in [2.05, 4.69) is 10.1 Å². The van der Waals surface area contributed by atoms with Gasteiger partial charge in [-0.1, -0.05) is 24.3 Å². The number of anilines is 1. The second kappa shape index (κ2) is 11.7. The lowest BCUT2D eigenvalue weighted by molar-refractivity contribution is -0.127. The first-order valence-corrected chi connectivity index (χ1v) is 12.2. The molecule has 0 saturated carbocycles. The van der Waals surface area contributed by atoms with Crippen molar-refractivity contribution in [2.45, 2.75) is 13.5 Å². The molecule has 0 aliphatic carbocycles. The van der Waals surface area contributed by atoms with E-state index in [0.29, 0.717) is 28.5 Å². The number of hydrogen-bond acceptors (Lipinski definition) is 9. The molecule has 0 radical (unpaired) electrons. The van der Waals surface area contributed by atoms with Crippen molar-refractivity contribution in [1.82, 2.24) is 4.90 Å². The number of rotatable bonds is 9. The van der Waals surface area contributed by atoms with Gasteiger partial charge >= 0.3 is 5.97 Å². The van der Waals surface area contributed by atoms with Crippen LogP contribution in [0, 0.1) is 6.92 Å². The number of hydrogen-bond donors (Lipinski definition) is 1. The van der Waals surface area contributed by atoms with Gasteiger partial charge in [0.2, 0.25) is 11.7 Å². The zero-order chi connectivity index (χ0) is 27.2. The minimum Gasteiger partial charge on any atom is -0.493 e. The molecule has 38 heavy (non-hydrogen) atoms. The summed E-state index contributed by atoms with van der Waals surface area (Å²) in [5.41, 5.74) is 2.08. The van der Waals surface area contributed by atoms with Crippen LogP contribution in [0.15, 0.2) is 63.9 Å². The molecule has 1 aliphatic heterocycles. The first kappa shape index (κ1) is 26.6. The van der Waals surface area contributed by atoms with E-state index >= 15 is 0 Å². The third-order valence-electron chi connectivity index (χ3n) is 5.50. The maximum absolute atomic E-state index is 12.9.